The van der Waals surface area contributed by atoms with Crippen molar-refractivity contribution in [2.45, 2.75) is 20.4 Å². The van der Waals surface area contributed by atoms with Crippen LogP contribution in [0.15, 0.2) is 42.5 Å². The van der Waals surface area contributed by atoms with E-state index in [0.29, 0.717) is 12.2 Å². The Hall–Kier alpha value is -2.27. The number of amides is 2. The quantitative estimate of drug-likeness (QED) is 0.827. The Kier molecular flexibility index (Phi) is 3.43. The molecule has 2 aromatic rings. The fraction of sp³-hybridized carbons (Fsp3) is 0.188. The first-order chi connectivity index (χ1) is 10.1. The Bertz CT molecular complexity index is 688. The minimum Gasteiger partial charge on any atom is -0.428 e. The maximum atomic E-state index is 12.2. The van der Waals surface area contributed by atoms with Gasteiger partial charge in [-0.15, -0.1) is 0 Å². The van der Waals surface area contributed by atoms with Crippen LogP contribution >= 0.6 is 0 Å². The summed E-state index contributed by atoms with van der Waals surface area (Å²) in [6.45, 7) is 4.30. The summed E-state index contributed by atoms with van der Waals surface area (Å²) in [4.78, 5) is 13.7. The summed E-state index contributed by atoms with van der Waals surface area (Å²) in [6, 6.07) is 13.3. The highest BCUT2D eigenvalue weighted by molar-refractivity contribution is 6.69. The Morgan fingerprint density at radius 1 is 1.19 bits per heavy atom. The third kappa shape index (κ3) is 2.52. The lowest BCUT2D eigenvalue weighted by molar-refractivity contribution is 0.229. The smallest absolute Gasteiger partial charge is 0.428 e. The number of nitrogens with zero attached hydrogens (tertiary/aromatic N) is 1. The van der Waals surface area contributed by atoms with Crippen LogP contribution in [0.4, 0.5) is 10.5 Å². The van der Waals surface area contributed by atoms with Gasteiger partial charge in [0.2, 0.25) is 0 Å². The van der Waals surface area contributed by atoms with Crippen LogP contribution < -0.4 is 10.8 Å². The van der Waals surface area contributed by atoms with E-state index in [1.807, 2.05) is 56.3 Å². The van der Waals surface area contributed by atoms with Gasteiger partial charge in [-0.05, 0) is 36.6 Å². The van der Waals surface area contributed by atoms with Crippen molar-refractivity contribution >= 4 is 24.2 Å². The minimum absolute atomic E-state index is 0.274. The third-order valence-corrected chi connectivity index (χ3v) is 3.78. The molecular formula is C16H17BN2O2. The van der Waals surface area contributed by atoms with Gasteiger partial charge in [0.15, 0.2) is 0 Å². The van der Waals surface area contributed by atoms with Crippen LogP contribution in [0.5, 0.6) is 0 Å². The normalized spacial score (nSPS) is 14.0. The van der Waals surface area contributed by atoms with Gasteiger partial charge in [-0.1, -0.05) is 36.4 Å². The van der Waals surface area contributed by atoms with Gasteiger partial charge in [-0.3, -0.25) is 0 Å². The number of anilines is 1. The largest absolute Gasteiger partial charge is 0.455 e. The lowest BCUT2D eigenvalue weighted by Gasteiger charge is -2.33. The maximum Gasteiger partial charge on any atom is 0.455 e. The van der Waals surface area contributed by atoms with Crippen LogP contribution in [0.1, 0.15) is 16.7 Å². The number of hydrogen-bond donors (Lipinski definition) is 2. The second kappa shape index (κ2) is 5.26. The van der Waals surface area contributed by atoms with E-state index < -0.39 is 7.05 Å². The number of benzene rings is 2. The van der Waals surface area contributed by atoms with Gasteiger partial charge in [0, 0.05) is 17.7 Å². The van der Waals surface area contributed by atoms with Crippen molar-refractivity contribution in [3.63, 3.8) is 0 Å². The van der Waals surface area contributed by atoms with Crippen LogP contribution in [-0.4, -0.2) is 22.9 Å². The summed E-state index contributed by atoms with van der Waals surface area (Å²) in [5, 5.41) is 13.5. The van der Waals surface area contributed by atoms with E-state index in [4.69, 9.17) is 0 Å². The van der Waals surface area contributed by atoms with Gasteiger partial charge in [0.25, 0.3) is 0 Å². The second-order valence-corrected chi connectivity index (χ2v) is 5.46. The SMILES string of the molecule is Cc1cc(C)c2c(c1)NC(=O)N(Cc1ccccc1)B2O. The van der Waals surface area contributed by atoms with E-state index in [2.05, 4.69) is 5.32 Å². The standard InChI is InChI=1S/C16H17BN2O2/c1-11-8-12(2)15-14(9-11)18-16(20)19(17(15)21)10-13-6-4-3-5-7-13/h3-9,21H,10H2,1-2H3,(H,18,20). The van der Waals surface area contributed by atoms with E-state index in [1.54, 1.807) is 0 Å². The van der Waals surface area contributed by atoms with E-state index in [1.165, 1.54) is 4.81 Å². The lowest BCUT2D eigenvalue weighted by Crippen LogP contribution is -2.58. The molecule has 0 spiro atoms. The highest BCUT2D eigenvalue weighted by Crippen LogP contribution is 2.20. The van der Waals surface area contributed by atoms with Crippen LogP contribution in [0.3, 0.4) is 0 Å². The van der Waals surface area contributed by atoms with Crippen molar-refractivity contribution in [1.29, 1.82) is 0 Å². The lowest BCUT2D eigenvalue weighted by atomic mass is 9.67. The molecule has 2 N–H and O–H groups in total. The van der Waals surface area contributed by atoms with Crippen molar-refractivity contribution < 1.29 is 9.82 Å². The molecule has 2 aromatic carbocycles. The summed E-state index contributed by atoms with van der Waals surface area (Å²) >= 11 is 0. The maximum absolute atomic E-state index is 12.2. The number of carbonyl (C=O) groups is 1. The number of nitrogens with one attached hydrogen (secondary N) is 1. The number of urea groups is 1. The summed E-state index contributed by atoms with van der Waals surface area (Å²) < 4.78 is 0. The molecule has 0 unspecified atom stereocenters. The predicted octanol–water partition coefficient (Wildman–Crippen LogP) is 2.04. The predicted molar refractivity (Wildman–Crippen MR) is 84.5 cm³/mol. The molecule has 0 saturated heterocycles. The molecule has 0 fully saturated rings. The van der Waals surface area contributed by atoms with Crippen molar-refractivity contribution in [2.75, 3.05) is 5.32 Å². The van der Waals surface area contributed by atoms with Crippen LogP contribution in [-0.2, 0) is 6.54 Å². The molecule has 0 radical (unpaired) electrons. The van der Waals surface area contributed by atoms with E-state index in [0.717, 1.165) is 22.2 Å². The fourth-order valence-corrected chi connectivity index (χ4v) is 2.82. The zero-order chi connectivity index (χ0) is 15.0. The van der Waals surface area contributed by atoms with Gasteiger partial charge in [0.05, 0.1) is 0 Å². The molecule has 1 aliphatic heterocycles. The first kappa shape index (κ1) is 13.7. The van der Waals surface area contributed by atoms with Crippen LogP contribution in [0, 0.1) is 13.8 Å². The molecule has 1 aliphatic rings. The highest BCUT2D eigenvalue weighted by atomic mass is 16.2. The van der Waals surface area contributed by atoms with Crippen molar-refractivity contribution in [3.8, 4) is 0 Å². The molecule has 0 atom stereocenters. The molecule has 2 amide bonds. The first-order valence-electron chi connectivity index (χ1n) is 6.97. The molecular weight excluding hydrogens is 263 g/mol. The zero-order valence-electron chi connectivity index (χ0n) is 12.1. The van der Waals surface area contributed by atoms with E-state index >= 15 is 0 Å². The monoisotopic (exact) mass is 280 g/mol. The molecule has 5 heteroatoms. The summed E-state index contributed by atoms with van der Waals surface area (Å²) in [6.07, 6.45) is 0. The molecule has 3 rings (SSSR count). The molecule has 0 aromatic heterocycles. The van der Waals surface area contributed by atoms with Gasteiger partial charge < -0.3 is 15.2 Å². The molecule has 0 saturated carbocycles. The fourth-order valence-electron chi connectivity index (χ4n) is 2.82. The highest BCUT2D eigenvalue weighted by Gasteiger charge is 2.37. The average Bonchev–Trinajstić information content (AvgIpc) is 2.43. The summed E-state index contributed by atoms with van der Waals surface area (Å²) in [5.41, 5.74) is 4.51. The Morgan fingerprint density at radius 2 is 1.90 bits per heavy atom. The topological polar surface area (TPSA) is 52.6 Å². The molecule has 0 bridgehead atoms. The van der Waals surface area contributed by atoms with Crippen molar-refractivity contribution in [3.05, 3.63) is 59.2 Å². The zero-order valence-corrected chi connectivity index (χ0v) is 12.1. The van der Waals surface area contributed by atoms with Gasteiger partial charge in [-0.2, -0.15) is 0 Å². The van der Waals surface area contributed by atoms with E-state index in [9.17, 15) is 9.82 Å². The van der Waals surface area contributed by atoms with Crippen molar-refractivity contribution in [2.24, 2.45) is 0 Å². The Labute approximate surface area is 124 Å². The molecule has 21 heavy (non-hydrogen) atoms. The number of rotatable bonds is 2. The van der Waals surface area contributed by atoms with E-state index in [-0.39, 0.29) is 6.03 Å². The number of hydrogen-bond acceptors (Lipinski definition) is 2. The molecule has 106 valence electrons. The van der Waals surface area contributed by atoms with Gasteiger partial charge in [0.1, 0.15) is 0 Å². The summed E-state index contributed by atoms with van der Waals surface area (Å²) in [7, 11) is -0.922. The minimum atomic E-state index is -0.922. The number of carbonyl (C=O) groups excluding carboxylic acids is 1. The first-order valence-corrected chi connectivity index (χ1v) is 6.97. The molecule has 0 aliphatic carbocycles. The Balaban J connectivity index is 1.96. The molecule has 4 nitrogen and oxygen atoms in total. The van der Waals surface area contributed by atoms with Gasteiger partial charge >= 0.3 is 13.1 Å². The number of aryl methyl sites for hydroxylation is 2. The molecule has 1 heterocycles. The van der Waals surface area contributed by atoms with Crippen LogP contribution in [0.2, 0.25) is 0 Å². The number of fused-ring (bicyclic) bond motifs is 1. The average molecular weight is 280 g/mol. The van der Waals surface area contributed by atoms with Crippen molar-refractivity contribution in [1.82, 2.24) is 4.81 Å². The van der Waals surface area contributed by atoms with Crippen LogP contribution in [0.25, 0.3) is 0 Å². The second-order valence-electron chi connectivity index (χ2n) is 5.46. The Morgan fingerprint density at radius 3 is 2.62 bits per heavy atom. The summed E-state index contributed by atoms with van der Waals surface area (Å²) in [5.74, 6) is 0. The van der Waals surface area contributed by atoms with Gasteiger partial charge in [-0.25, -0.2) is 4.79 Å². The third-order valence-electron chi connectivity index (χ3n) is 3.78.